The molecule has 3 amide bonds. The van der Waals surface area contributed by atoms with Gasteiger partial charge >= 0.3 is 6.03 Å². The van der Waals surface area contributed by atoms with Gasteiger partial charge in [-0.15, -0.1) is 0 Å². The lowest BCUT2D eigenvalue weighted by Crippen LogP contribution is -2.57. The van der Waals surface area contributed by atoms with Crippen LogP contribution in [0.3, 0.4) is 0 Å². The number of fused-ring (bicyclic) bond motifs is 3. The number of para-hydroxylation sites is 2. The molecule has 1 aliphatic rings. The van der Waals surface area contributed by atoms with Crippen molar-refractivity contribution in [3.8, 4) is 0 Å². The van der Waals surface area contributed by atoms with Crippen molar-refractivity contribution in [3.05, 3.63) is 24.3 Å². The zero-order valence-corrected chi connectivity index (χ0v) is 17.7. The van der Waals surface area contributed by atoms with Gasteiger partial charge in [0, 0.05) is 13.1 Å². The van der Waals surface area contributed by atoms with E-state index < -0.39 is 30.0 Å². The van der Waals surface area contributed by atoms with Crippen molar-refractivity contribution >= 4 is 34.9 Å². The lowest BCUT2D eigenvalue weighted by molar-refractivity contribution is -0.309. The third-order valence-corrected chi connectivity index (χ3v) is 5.21. The number of nitrogens with zero attached hydrogens (tertiary/aromatic N) is 3. The number of aliphatic carboxylic acids is 1. The second-order valence-corrected chi connectivity index (χ2v) is 8.38. The van der Waals surface area contributed by atoms with E-state index in [4.69, 9.17) is 0 Å². The molecule has 0 fully saturated rings. The number of hydrogen-bond donors (Lipinski definition) is 2. The molecule has 30 heavy (non-hydrogen) atoms. The van der Waals surface area contributed by atoms with Gasteiger partial charge in [-0.05, 0) is 30.4 Å². The van der Waals surface area contributed by atoms with Crippen LogP contribution >= 0.6 is 0 Å². The Hall–Kier alpha value is -3.10. The van der Waals surface area contributed by atoms with E-state index in [0.717, 1.165) is 11.0 Å². The molecule has 3 rings (SSSR count). The molecule has 0 radical (unpaired) electrons. The first kappa shape index (κ1) is 21.6. The summed E-state index contributed by atoms with van der Waals surface area (Å²) in [4.78, 5) is 43.2. The first-order valence-electron chi connectivity index (χ1n) is 10.2. The predicted octanol–water partition coefficient (Wildman–Crippen LogP) is 0.871. The monoisotopic (exact) mass is 414 g/mol. The number of nitrogens with one attached hydrogen (secondary N) is 2. The normalized spacial score (nSPS) is 15.3. The first-order valence-corrected chi connectivity index (χ1v) is 10.2. The fourth-order valence-corrected chi connectivity index (χ4v) is 3.66. The minimum absolute atomic E-state index is 0.115. The highest BCUT2D eigenvalue weighted by Gasteiger charge is 2.32. The summed E-state index contributed by atoms with van der Waals surface area (Å²) in [5.74, 6) is -1.57. The Balaban J connectivity index is 1.76. The van der Waals surface area contributed by atoms with E-state index in [-0.39, 0.29) is 11.8 Å². The van der Waals surface area contributed by atoms with Crippen molar-refractivity contribution in [3.63, 3.8) is 0 Å². The summed E-state index contributed by atoms with van der Waals surface area (Å²) < 4.78 is 1.97. The van der Waals surface area contributed by atoms with Crippen molar-refractivity contribution in [1.29, 1.82) is 0 Å². The molecule has 0 spiro atoms. The number of carbonyl (C=O) groups is 3. The van der Waals surface area contributed by atoms with Crippen molar-refractivity contribution < 1.29 is 19.5 Å². The van der Waals surface area contributed by atoms with Gasteiger partial charge in [0.2, 0.25) is 11.9 Å². The van der Waals surface area contributed by atoms with Crippen LogP contribution in [0.5, 0.6) is 0 Å². The van der Waals surface area contributed by atoms with Crippen LogP contribution in [-0.2, 0) is 16.1 Å². The molecule has 0 unspecified atom stereocenters. The molecule has 0 saturated heterocycles. The van der Waals surface area contributed by atoms with Gasteiger partial charge in [-0.25, -0.2) is 9.78 Å². The number of anilines is 1. The standard InChI is InChI=1S/C21H29N5O4/c1-12(2)11-15(18(27)24-17(13(3)4)19(28)29)23-21(30)26-10-9-25-16-8-6-5-7-14(16)22-20(25)26/h5-8,12-13,15,17H,9-11H2,1-4H3,(H,23,30)(H,24,27)(H,28,29)/p-1/t15-,17-/m0/s1. The molecule has 2 heterocycles. The quantitative estimate of drug-likeness (QED) is 0.697. The van der Waals surface area contributed by atoms with Crippen LogP contribution in [0.15, 0.2) is 24.3 Å². The number of carboxylic acids is 1. The summed E-state index contributed by atoms with van der Waals surface area (Å²) in [5.41, 5.74) is 1.75. The summed E-state index contributed by atoms with van der Waals surface area (Å²) >= 11 is 0. The summed E-state index contributed by atoms with van der Waals surface area (Å²) in [6.45, 7) is 8.30. The van der Waals surface area contributed by atoms with Crippen LogP contribution in [0.2, 0.25) is 0 Å². The maximum absolute atomic E-state index is 13.0. The lowest BCUT2D eigenvalue weighted by Gasteiger charge is -2.28. The number of rotatable bonds is 7. The van der Waals surface area contributed by atoms with Crippen molar-refractivity contribution in [2.75, 3.05) is 11.4 Å². The summed E-state index contributed by atoms with van der Waals surface area (Å²) in [5, 5.41) is 16.6. The molecule has 0 saturated carbocycles. The second kappa shape index (κ2) is 8.73. The largest absolute Gasteiger partial charge is 0.548 e. The number of aromatic nitrogens is 2. The number of amides is 3. The SMILES string of the molecule is CC(C)C[C@H](NC(=O)N1CCn2c1nc1ccccc12)C(=O)N[C@H](C(=O)[O-])C(C)C. The van der Waals surface area contributed by atoms with E-state index in [2.05, 4.69) is 15.6 Å². The number of benzene rings is 1. The average molecular weight is 414 g/mol. The zero-order chi connectivity index (χ0) is 22.0. The van der Waals surface area contributed by atoms with Crippen LogP contribution in [0.1, 0.15) is 34.1 Å². The molecule has 2 N–H and O–H groups in total. The van der Waals surface area contributed by atoms with Crippen LogP contribution < -0.4 is 20.6 Å². The third kappa shape index (κ3) is 4.39. The van der Waals surface area contributed by atoms with Crippen molar-refractivity contribution in [2.24, 2.45) is 11.8 Å². The predicted molar refractivity (Wildman–Crippen MR) is 111 cm³/mol. The number of carbonyl (C=O) groups excluding carboxylic acids is 3. The highest BCUT2D eigenvalue weighted by Crippen LogP contribution is 2.27. The number of carboxylic acid groups (broad SMARTS) is 1. The Morgan fingerprint density at radius 1 is 1.10 bits per heavy atom. The van der Waals surface area contributed by atoms with E-state index in [0.29, 0.717) is 25.5 Å². The fourth-order valence-electron chi connectivity index (χ4n) is 3.66. The van der Waals surface area contributed by atoms with Crippen LogP contribution in [-0.4, -0.2) is 46.1 Å². The lowest BCUT2D eigenvalue weighted by atomic mass is 10.0. The van der Waals surface area contributed by atoms with E-state index in [1.165, 1.54) is 4.90 Å². The van der Waals surface area contributed by atoms with Gasteiger partial charge in [0.05, 0.1) is 23.0 Å². The zero-order valence-electron chi connectivity index (χ0n) is 17.7. The second-order valence-electron chi connectivity index (χ2n) is 8.38. The molecule has 2 atom stereocenters. The molecule has 9 heteroatoms. The third-order valence-electron chi connectivity index (χ3n) is 5.21. The summed E-state index contributed by atoms with van der Waals surface area (Å²) in [7, 11) is 0. The molecule has 9 nitrogen and oxygen atoms in total. The number of hydrogen-bond acceptors (Lipinski definition) is 5. The average Bonchev–Trinajstić information content (AvgIpc) is 3.23. The minimum Gasteiger partial charge on any atom is -0.548 e. The Kier molecular flexibility index (Phi) is 6.28. The van der Waals surface area contributed by atoms with E-state index in [9.17, 15) is 19.5 Å². The maximum Gasteiger partial charge on any atom is 0.324 e. The van der Waals surface area contributed by atoms with E-state index in [1.807, 2.05) is 42.7 Å². The van der Waals surface area contributed by atoms with Crippen molar-refractivity contribution in [1.82, 2.24) is 20.2 Å². The molecule has 0 bridgehead atoms. The van der Waals surface area contributed by atoms with Gasteiger partial charge in [-0.1, -0.05) is 39.8 Å². The molecule has 2 aromatic rings. The summed E-state index contributed by atoms with van der Waals surface area (Å²) in [6, 6.07) is 5.23. The van der Waals surface area contributed by atoms with Gasteiger partial charge < -0.3 is 25.1 Å². The minimum atomic E-state index is -1.35. The molecule has 162 valence electrons. The molecular formula is C21H28N5O4-. The highest BCUT2D eigenvalue weighted by molar-refractivity contribution is 5.97. The molecular weight excluding hydrogens is 386 g/mol. The smallest absolute Gasteiger partial charge is 0.324 e. The van der Waals surface area contributed by atoms with Crippen LogP contribution in [0, 0.1) is 11.8 Å². The van der Waals surface area contributed by atoms with E-state index >= 15 is 0 Å². The fraction of sp³-hybridized carbons (Fsp3) is 0.524. The Morgan fingerprint density at radius 2 is 1.80 bits per heavy atom. The van der Waals surface area contributed by atoms with Crippen molar-refractivity contribution in [2.45, 2.75) is 52.7 Å². The highest BCUT2D eigenvalue weighted by atomic mass is 16.4. The Labute approximate surface area is 175 Å². The molecule has 1 aromatic carbocycles. The van der Waals surface area contributed by atoms with Gasteiger partial charge in [0.15, 0.2) is 0 Å². The first-order chi connectivity index (χ1) is 14.2. The Morgan fingerprint density at radius 3 is 2.43 bits per heavy atom. The Bertz CT molecular complexity index is 952. The van der Waals surface area contributed by atoms with Gasteiger partial charge in [-0.2, -0.15) is 0 Å². The topological polar surface area (TPSA) is 119 Å². The van der Waals surface area contributed by atoms with Crippen LogP contribution in [0.25, 0.3) is 11.0 Å². The summed E-state index contributed by atoms with van der Waals surface area (Å²) in [6.07, 6.45) is 0.375. The van der Waals surface area contributed by atoms with Gasteiger partial charge in [0.25, 0.3) is 0 Å². The number of urea groups is 1. The van der Waals surface area contributed by atoms with Gasteiger partial charge in [0.1, 0.15) is 6.04 Å². The maximum atomic E-state index is 13.0. The van der Waals surface area contributed by atoms with Crippen LogP contribution in [0.4, 0.5) is 10.7 Å². The molecule has 1 aliphatic heterocycles. The van der Waals surface area contributed by atoms with E-state index in [1.54, 1.807) is 13.8 Å². The molecule has 0 aliphatic carbocycles. The molecule has 1 aromatic heterocycles. The number of imidazole rings is 1. The van der Waals surface area contributed by atoms with Gasteiger partial charge in [-0.3, -0.25) is 9.69 Å².